The van der Waals surface area contributed by atoms with Crippen LogP contribution in [-0.2, 0) is 10.0 Å². The number of aliphatic hydroxyl groups excluding tert-OH is 1. The molecule has 1 aliphatic rings. The second-order valence-electron chi connectivity index (χ2n) is 5.66. The summed E-state index contributed by atoms with van der Waals surface area (Å²) in [6.45, 7) is 5.94. The zero-order valence-electron chi connectivity index (χ0n) is 12.7. The van der Waals surface area contributed by atoms with Crippen molar-refractivity contribution in [2.45, 2.75) is 56.8 Å². The van der Waals surface area contributed by atoms with Gasteiger partial charge in [-0.1, -0.05) is 6.92 Å². The molecule has 118 valence electrons. The van der Waals surface area contributed by atoms with Crippen LogP contribution in [0.2, 0.25) is 0 Å². The molecule has 1 aromatic carbocycles. The Labute approximate surface area is 126 Å². The molecule has 0 radical (unpaired) electrons. The van der Waals surface area contributed by atoms with Crippen LogP contribution in [0.3, 0.4) is 0 Å². The third-order valence-electron chi connectivity index (χ3n) is 3.62. The van der Waals surface area contributed by atoms with Crippen molar-refractivity contribution in [3.8, 4) is 5.75 Å². The molecular formula is C15H23NO4S. The van der Waals surface area contributed by atoms with Gasteiger partial charge < -0.3 is 9.84 Å². The van der Waals surface area contributed by atoms with Crippen LogP contribution in [0.5, 0.6) is 5.75 Å². The van der Waals surface area contributed by atoms with Crippen LogP contribution in [0.15, 0.2) is 29.2 Å². The first kappa shape index (κ1) is 16.3. The second kappa shape index (κ2) is 6.34. The number of hydrogen-bond acceptors (Lipinski definition) is 4. The fraction of sp³-hybridized carbons (Fsp3) is 0.600. The van der Waals surface area contributed by atoms with E-state index in [2.05, 4.69) is 0 Å². The molecule has 1 N–H and O–H groups in total. The highest BCUT2D eigenvalue weighted by Gasteiger charge is 2.38. The highest BCUT2D eigenvalue weighted by atomic mass is 32.2. The van der Waals surface area contributed by atoms with Crippen molar-refractivity contribution in [3.63, 3.8) is 0 Å². The Balaban J connectivity index is 2.23. The van der Waals surface area contributed by atoms with E-state index in [1.54, 1.807) is 24.3 Å². The van der Waals surface area contributed by atoms with Crippen LogP contribution in [0.25, 0.3) is 0 Å². The van der Waals surface area contributed by atoms with E-state index in [1.807, 2.05) is 20.8 Å². The Morgan fingerprint density at radius 2 is 1.95 bits per heavy atom. The lowest BCUT2D eigenvalue weighted by molar-refractivity contribution is 0.188. The molecule has 0 aromatic heterocycles. The fourth-order valence-electron chi connectivity index (χ4n) is 2.63. The minimum absolute atomic E-state index is 0.0469. The molecule has 2 atom stereocenters. The summed E-state index contributed by atoms with van der Waals surface area (Å²) in [7, 11) is -3.56. The largest absolute Gasteiger partial charge is 0.491 e. The SMILES string of the molecule is CC[C@H]1C[C@H](O)CN1S(=O)(=O)c1ccc(OC(C)C)cc1. The number of sulfonamides is 1. The molecule has 1 aromatic rings. The summed E-state index contributed by atoms with van der Waals surface area (Å²) in [6, 6.07) is 6.33. The Kier molecular flexibility index (Phi) is 4.91. The summed E-state index contributed by atoms with van der Waals surface area (Å²) >= 11 is 0. The third kappa shape index (κ3) is 3.56. The Morgan fingerprint density at radius 1 is 1.33 bits per heavy atom. The maximum atomic E-state index is 12.7. The van der Waals surface area contributed by atoms with E-state index in [-0.39, 0.29) is 23.6 Å². The molecule has 2 rings (SSSR count). The van der Waals surface area contributed by atoms with Gasteiger partial charge in [0.1, 0.15) is 5.75 Å². The van der Waals surface area contributed by atoms with E-state index in [0.717, 1.165) is 0 Å². The molecule has 0 bridgehead atoms. The molecule has 6 heteroatoms. The van der Waals surface area contributed by atoms with Crippen LogP contribution in [0.4, 0.5) is 0 Å². The maximum Gasteiger partial charge on any atom is 0.243 e. The summed E-state index contributed by atoms with van der Waals surface area (Å²) in [5.74, 6) is 0.650. The van der Waals surface area contributed by atoms with E-state index in [0.29, 0.717) is 18.6 Å². The quantitative estimate of drug-likeness (QED) is 0.903. The first-order chi connectivity index (χ1) is 9.84. The molecule has 0 spiro atoms. The van der Waals surface area contributed by atoms with Crippen LogP contribution in [0, 0.1) is 0 Å². The van der Waals surface area contributed by atoms with Gasteiger partial charge in [-0.2, -0.15) is 4.31 Å². The summed E-state index contributed by atoms with van der Waals surface area (Å²) in [5.41, 5.74) is 0. The van der Waals surface area contributed by atoms with Crippen LogP contribution in [0.1, 0.15) is 33.6 Å². The first-order valence-electron chi connectivity index (χ1n) is 7.31. The molecule has 0 saturated carbocycles. The predicted octanol–water partition coefficient (Wildman–Crippen LogP) is 2.01. The Morgan fingerprint density at radius 3 is 2.48 bits per heavy atom. The number of ether oxygens (including phenoxy) is 1. The number of benzene rings is 1. The summed E-state index contributed by atoms with van der Waals surface area (Å²) in [4.78, 5) is 0.242. The second-order valence-corrected chi connectivity index (χ2v) is 7.55. The zero-order chi connectivity index (χ0) is 15.6. The number of β-amino-alcohol motifs (C(OH)–C–C–N with tert-alkyl or cyclic N) is 1. The van der Waals surface area contributed by atoms with Crippen LogP contribution < -0.4 is 4.74 Å². The first-order valence-corrected chi connectivity index (χ1v) is 8.75. The zero-order valence-corrected chi connectivity index (χ0v) is 13.5. The van der Waals surface area contributed by atoms with Gasteiger partial charge in [0.25, 0.3) is 0 Å². The van der Waals surface area contributed by atoms with Crippen molar-refractivity contribution in [1.29, 1.82) is 0 Å². The summed E-state index contributed by atoms with van der Waals surface area (Å²) in [6.07, 6.45) is 0.675. The van der Waals surface area contributed by atoms with Gasteiger partial charge in [-0.15, -0.1) is 0 Å². The molecule has 1 heterocycles. The van der Waals surface area contributed by atoms with Crippen LogP contribution >= 0.6 is 0 Å². The number of rotatable bonds is 5. The monoisotopic (exact) mass is 313 g/mol. The smallest absolute Gasteiger partial charge is 0.243 e. The molecule has 1 saturated heterocycles. The van der Waals surface area contributed by atoms with Crippen molar-refractivity contribution in [1.82, 2.24) is 4.31 Å². The highest BCUT2D eigenvalue weighted by molar-refractivity contribution is 7.89. The lowest BCUT2D eigenvalue weighted by atomic mass is 10.2. The Hall–Kier alpha value is -1.11. The van der Waals surface area contributed by atoms with E-state index in [9.17, 15) is 13.5 Å². The van der Waals surface area contributed by atoms with Gasteiger partial charge in [-0.3, -0.25) is 0 Å². The minimum Gasteiger partial charge on any atom is -0.491 e. The van der Waals surface area contributed by atoms with E-state index < -0.39 is 16.1 Å². The lowest BCUT2D eigenvalue weighted by Gasteiger charge is -2.22. The molecule has 0 unspecified atom stereocenters. The van der Waals surface area contributed by atoms with Crippen molar-refractivity contribution < 1.29 is 18.3 Å². The number of aliphatic hydroxyl groups is 1. The van der Waals surface area contributed by atoms with Gasteiger partial charge in [0, 0.05) is 12.6 Å². The lowest BCUT2D eigenvalue weighted by Crippen LogP contribution is -2.35. The van der Waals surface area contributed by atoms with Gasteiger partial charge in [0.2, 0.25) is 10.0 Å². The van der Waals surface area contributed by atoms with Crippen molar-refractivity contribution in [3.05, 3.63) is 24.3 Å². The molecule has 21 heavy (non-hydrogen) atoms. The van der Waals surface area contributed by atoms with Gasteiger partial charge in [-0.05, 0) is 51.0 Å². The topological polar surface area (TPSA) is 66.8 Å². The molecule has 1 aliphatic heterocycles. The normalized spacial score (nSPS) is 23.7. The Bertz CT molecular complexity index is 568. The predicted molar refractivity (Wildman–Crippen MR) is 80.8 cm³/mol. The van der Waals surface area contributed by atoms with Gasteiger partial charge in [0.05, 0.1) is 17.1 Å². The fourth-order valence-corrected chi connectivity index (χ4v) is 4.37. The van der Waals surface area contributed by atoms with Gasteiger partial charge >= 0.3 is 0 Å². The summed E-state index contributed by atoms with van der Waals surface area (Å²) in [5, 5.41) is 9.73. The average Bonchev–Trinajstić information content (AvgIpc) is 2.80. The third-order valence-corrected chi connectivity index (χ3v) is 5.55. The average molecular weight is 313 g/mol. The number of hydrogen-bond donors (Lipinski definition) is 1. The maximum absolute atomic E-state index is 12.7. The number of nitrogens with zero attached hydrogens (tertiary/aromatic N) is 1. The van der Waals surface area contributed by atoms with Crippen molar-refractivity contribution >= 4 is 10.0 Å². The molecular weight excluding hydrogens is 290 g/mol. The molecule has 0 aliphatic carbocycles. The van der Waals surface area contributed by atoms with E-state index >= 15 is 0 Å². The molecule has 1 fully saturated rings. The molecule has 5 nitrogen and oxygen atoms in total. The standard InChI is InChI=1S/C15H23NO4S/c1-4-12-9-13(17)10-16(12)21(18,19)15-7-5-14(6-8-15)20-11(2)3/h5-8,11-13,17H,4,9-10H2,1-3H3/t12-,13-/m0/s1. The van der Waals surface area contributed by atoms with Crippen LogP contribution in [-0.4, -0.2) is 42.6 Å². The van der Waals surface area contributed by atoms with Crippen molar-refractivity contribution in [2.75, 3.05) is 6.54 Å². The molecule has 0 amide bonds. The minimum atomic E-state index is -3.56. The van der Waals surface area contributed by atoms with Crippen molar-refractivity contribution in [2.24, 2.45) is 0 Å². The van der Waals surface area contributed by atoms with E-state index in [4.69, 9.17) is 4.74 Å². The highest BCUT2D eigenvalue weighted by Crippen LogP contribution is 2.28. The van der Waals surface area contributed by atoms with Gasteiger partial charge in [-0.25, -0.2) is 8.42 Å². The summed E-state index contributed by atoms with van der Waals surface area (Å²) < 4.78 is 32.2. The van der Waals surface area contributed by atoms with E-state index in [1.165, 1.54) is 4.31 Å². The van der Waals surface area contributed by atoms with Gasteiger partial charge in [0.15, 0.2) is 0 Å².